The van der Waals surface area contributed by atoms with Crippen LogP contribution in [0.2, 0.25) is 0 Å². The van der Waals surface area contributed by atoms with E-state index in [9.17, 15) is 9.90 Å². The van der Waals surface area contributed by atoms with Crippen LogP contribution in [0, 0.1) is 0 Å². The zero-order chi connectivity index (χ0) is 15.3. The van der Waals surface area contributed by atoms with E-state index in [1.165, 1.54) is 27.5 Å². The molecule has 2 unspecified atom stereocenters. The van der Waals surface area contributed by atoms with Gasteiger partial charge < -0.3 is 20.6 Å². The lowest BCUT2D eigenvalue weighted by atomic mass is 10.0. The zero-order valence-electron chi connectivity index (χ0n) is 12.2. The van der Waals surface area contributed by atoms with E-state index in [0.717, 1.165) is 35.6 Å². The van der Waals surface area contributed by atoms with Crippen LogP contribution in [0.4, 0.5) is 5.00 Å². The summed E-state index contributed by atoms with van der Waals surface area (Å²) < 4.78 is 0. The summed E-state index contributed by atoms with van der Waals surface area (Å²) in [6.07, 6.45) is 0.684. The third-order valence-corrected chi connectivity index (χ3v) is 5.51. The molecular weight excluding hydrogens is 298 g/mol. The molecule has 0 aliphatic carbocycles. The van der Waals surface area contributed by atoms with E-state index >= 15 is 0 Å². The van der Waals surface area contributed by atoms with Gasteiger partial charge in [0.1, 0.15) is 17.7 Å². The van der Waals surface area contributed by atoms with E-state index in [-0.39, 0.29) is 17.8 Å². The Bertz CT molecular complexity index is 739. The van der Waals surface area contributed by atoms with Crippen LogP contribution in [0.25, 0.3) is 0 Å². The first kappa shape index (κ1) is 13.6. The van der Waals surface area contributed by atoms with Crippen molar-refractivity contribution in [3.63, 3.8) is 0 Å². The number of nitrogens with one attached hydrogen (secondary N) is 3. The minimum Gasteiger partial charge on any atom is -0.872 e. The molecule has 0 bridgehead atoms. The van der Waals surface area contributed by atoms with Gasteiger partial charge in [0.25, 0.3) is 5.91 Å². The molecule has 5 nitrogen and oxygen atoms in total. The molecule has 0 spiro atoms. The fraction of sp³-hybridized carbons (Fsp3) is 0.312. The Hall–Kier alpha value is -2.05. The molecule has 1 amide bonds. The summed E-state index contributed by atoms with van der Waals surface area (Å²) in [7, 11) is 2.18. The molecule has 1 aromatic heterocycles. The number of carbonyl (C=O) groups is 1. The number of amides is 1. The second kappa shape index (κ2) is 5.00. The molecule has 2 atom stereocenters. The van der Waals surface area contributed by atoms with Crippen LogP contribution in [0.1, 0.15) is 32.5 Å². The second-order valence-corrected chi connectivity index (χ2v) is 7.07. The van der Waals surface area contributed by atoms with Crippen LogP contribution in [0.3, 0.4) is 0 Å². The Morgan fingerprint density at radius 3 is 2.82 bits per heavy atom. The Kier molecular flexibility index (Phi) is 3.09. The van der Waals surface area contributed by atoms with Gasteiger partial charge in [-0.2, -0.15) is 0 Å². The highest BCUT2D eigenvalue weighted by atomic mass is 32.1. The van der Waals surface area contributed by atoms with Gasteiger partial charge >= 0.3 is 0 Å². The topological polar surface area (TPSA) is 68.6 Å². The molecular formula is C16H17N3O2S. The first-order valence-electron chi connectivity index (χ1n) is 7.42. The van der Waals surface area contributed by atoms with Crippen molar-refractivity contribution in [1.29, 1.82) is 0 Å². The van der Waals surface area contributed by atoms with E-state index in [0.29, 0.717) is 0 Å². The summed E-state index contributed by atoms with van der Waals surface area (Å²) in [5, 5.41) is 18.6. The van der Waals surface area contributed by atoms with Crippen molar-refractivity contribution in [3.05, 3.63) is 45.8 Å². The fourth-order valence-corrected chi connectivity index (χ4v) is 4.55. The average molecular weight is 315 g/mol. The third-order valence-electron chi connectivity index (χ3n) is 4.35. The highest BCUT2D eigenvalue weighted by Crippen LogP contribution is 2.38. The van der Waals surface area contributed by atoms with Crippen molar-refractivity contribution in [2.24, 2.45) is 0 Å². The minimum absolute atomic E-state index is 0.0120. The quantitative estimate of drug-likeness (QED) is 0.706. The lowest BCUT2D eigenvalue weighted by molar-refractivity contribution is -0.895. The molecule has 0 radical (unpaired) electrons. The highest BCUT2D eigenvalue weighted by Gasteiger charge is 2.33. The van der Waals surface area contributed by atoms with Crippen LogP contribution in [0.15, 0.2) is 24.3 Å². The summed E-state index contributed by atoms with van der Waals surface area (Å²) in [5.41, 5.74) is 2.93. The smallest absolute Gasteiger partial charge is 0.256 e. The average Bonchev–Trinajstić information content (AvgIpc) is 2.85. The number of quaternary nitrogens is 1. The molecule has 0 saturated heterocycles. The molecule has 2 aliphatic rings. The zero-order valence-corrected chi connectivity index (χ0v) is 13.0. The number of anilines is 1. The largest absolute Gasteiger partial charge is 0.872 e. The van der Waals surface area contributed by atoms with Crippen molar-refractivity contribution in [2.75, 3.05) is 18.9 Å². The van der Waals surface area contributed by atoms with E-state index in [1.54, 1.807) is 23.5 Å². The number of hydrogen-bond acceptors (Lipinski definition) is 4. The minimum atomic E-state index is -0.272. The van der Waals surface area contributed by atoms with E-state index in [4.69, 9.17) is 0 Å². The van der Waals surface area contributed by atoms with Gasteiger partial charge in [-0.1, -0.05) is 24.3 Å². The van der Waals surface area contributed by atoms with Gasteiger partial charge in [-0.3, -0.25) is 4.79 Å². The Morgan fingerprint density at radius 2 is 2.05 bits per heavy atom. The summed E-state index contributed by atoms with van der Waals surface area (Å²) in [4.78, 5) is 15.3. The van der Waals surface area contributed by atoms with Gasteiger partial charge in [0.05, 0.1) is 24.0 Å². The first-order chi connectivity index (χ1) is 10.6. The van der Waals surface area contributed by atoms with E-state index < -0.39 is 0 Å². The standard InChI is InChI=1S/C16H17N3O2S/c1-19-7-6-11-12(8-19)22-16-13(11)15(21)17-14(18-16)9-2-4-10(20)5-3-9/h2-5,14,18,20H,6-8H2,1H3,(H,17,21). The Morgan fingerprint density at radius 1 is 1.27 bits per heavy atom. The lowest BCUT2D eigenvalue weighted by Crippen LogP contribution is -3.08. The molecule has 0 fully saturated rings. The Balaban J connectivity index is 1.69. The molecule has 2 aliphatic heterocycles. The van der Waals surface area contributed by atoms with Crippen LogP contribution in [0.5, 0.6) is 5.75 Å². The summed E-state index contributed by atoms with van der Waals surface area (Å²) >= 11 is 1.69. The molecule has 22 heavy (non-hydrogen) atoms. The maximum Gasteiger partial charge on any atom is 0.256 e. The molecule has 3 heterocycles. The van der Waals surface area contributed by atoms with Crippen molar-refractivity contribution >= 4 is 22.2 Å². The number of rotatable bonds is 1. The van der Waals surface area contributed by atoms with Gasteiger partial charge in [-0.05, 0) is 11.1 Å². The number of thiophene rings is 1. The van der Waals surface area contributed by atoms with Crippen LogP contribution in [-0.4, -0.2) is 19.5 Å². The second-order valence-electron chi connectivity index (χ2n) is 5.96. The molecule has 0 saturated carbocycles. The summed E-state index contributed by atoms with van der Waals surface area (Å²) in [5.74, 6) is -0.0359. The monoisotopic (exact) mass is 315 g/mol. The number of carbonyl (C=O) groups excluding carboxylic acids is 1. The Labute approximate surface area is 132 Å². The van der Waals surface area contributed by atoms with Crippen molar-refractivity contribution in [2.45, 2.75) is 19.1 Å². The maximum atomic E-state index is 12.5. The van der Waals surface area contributed by atoms with Crippen molar-refractivity contribution < 1.29 is 14.8 Å². The molecule has 3 N–H and O–H groups in total. The third kappa shape index (κ3) is 2.15. The highest BCUT2D eigenvalue weighted by molar-refractivity contribution is 7.16. The van der Waals surface area contributed by atoms with Gasteiger partial charge in [0.2, 0.25) is 0 Å². The van der Waals surface area contributed by atoms with E-state index in [2.05, 4.69) is 17.7 Å². The van der Waals surface area contributed by atoms with Gasteiger partial charge in [-0.25, -0.2) is 0 Å². The van der Waals surface area contributed by atoms with Gasteiger partial charge in [-0.15, -0.1) is 17.1 Å². The number of hydrogen-bond donors (Lipinski definition) is 3. The normalized spacial score (nSPS) is 23.2. The van der Waals surface area contributed by atoms with Crippen LogP contribution in [-0.2, 0) is 13.0 Å². The molecule has 4 rings (SSSR count). The fourth-order valence-electron chi connectivity index (χ4n) is 3.16. The van der Waals surface area contributed by atoms with Gasteiger partial charge in [0.15, 0.2) is 0 Å². The van der Waals surface area contributed by atoms with Crippen LogP contribution < -0.4 is 20.6 Å². The lowest BCUT2D eigenvalue weighted by Gasteiger charge is -2.27. The maximum absolute atomic E-state index is 12.5. The SMILES string of the molecule is C[NH+]1CCc2c(sc3c2C(=O)NC(c2ccc([O-])cc2)N3)C1. The number of benzene rings is 1. The molecule has 114 valence electrons. The van der Waals surface area contributed by atoms with Crippen molar-refractivity contribution in [3.8, 4) is 5.75 Å². The van der Waals surface area contributed by atoms with Gasteiger partial charge in [0, 0.05) is 6.42 Å². The van der Waals surface area contributed by atoms with Crippen LogP contribution >= 0.6 is 11.3 Å². The van der Waals surface area contributed by atoms with E-state index in [1.807, 2.05) is 0 Å². The first-order valence-corrected chi connectivity index (χ1v) is 8.23. The predicted octanol–water partition coefficient (Wildman–Crippen LogP) is 0.247. The summed E-state index contributed by atoms with van der Waals surface area (Å²) in [6.45, 7) is 2.05. The molecule has 6 heteroatoms. The molecule has 2 aromatic rings. The number of likely N-dealkylation sites (N-methyl/N-ethyl adjacent to an activating group) is 1. The predicted molar refractivity (Wildman–Crippen MR) is 83.2 cm³/mol. The summed E-state index contributed by atoms with van der Waals surface area (Å²) in [6, 6.07) is 6.57. The van der Waals surface area contributed by atoms with Crippen molar-refractivity contribution in [1.82, 2.24) is 5.32 Å². The number of fused-ring (bicyclic) bond motifs is 3. The molecule has 1 aromatic carbocycles.